The van der Waals surface area contributed by atoms with Gasteiger partial charge in [-0.05, 0) is 62.6 Å². The van der Waals surface area contributed by atoms with Crippen LogP contribution in [0.5, 0.6) is 5.75 Å². The summed E-state index contributed by atoms with van der Waals surface area (Å²) in [6.07, 6.45) is 13.8. The van der Waals surface area contributed by atoms with Gasteiger partial charge in [-0.3, -0.25) is 0 Å². The van der Waals surface area contributed by atoms with Gasteiger partial charge >= 0.3 is 0 Å². The lowest BCUT2D eigenvalue weighted by Crippen LogP contribution is -2.40. The molecule has 0 aliphatic heterocycles. The van der Waals surface area contributed by atoms with Gasteiger partial charge in [0.25, 0.3) is 0 Å². The summed E-state index contributed by atoms with van der Waals surface area (Å²) < 4.78 is 6.35. The van der Waals surface area contributed by atoms with Gasteiger partial charge in [0.1, 0.15) is 5.75 Å². The van der Waals surface area contributed by atoms with E-state index in [2.05, 4.69) is 39.8 Å². The SMILES string of the molecule is CCCCCCCCC(CCc1ccc(O)cc1)C(CC)(CC)OCC. The van der Waals surface area contributed by atoms with E-state index in [1.807, 2.05) is 0 Å². The Balaban J connectivity index is 2.68. The van der Waals surface area contributed by atoms with E-state index >= 15 is 0 Å². The lowest BCUT2D eigenvalue weighted by Gasteiger charge is -2.40. The highest BCUT2D eigenvalue weighted by Crippen LogP contribution is 2.37. The monoisotopic (exact) mass is 362 g/mol. The van der Waals surface area contributed by atoms with E-state index in [1.54, 1.807) is 12.1 Å². The molecule has 2 nitrogen and oxygen atoms in total. The predicted molar refractivity (Wildman–Crippen MR) is 113 cm³/mol. The molecule has 0 saturated carbocycles. The molecule has 0 aliphatic rings. The number of hydrogen-bond donors (Lipinski definition) is 1. The van der Waals surface area contributed by atoms with Crippen molar-refractivity contribution in [1.82, 2.24) is 0 Å². The quantitative estimate of drug-likeness (QED) is 0.332. The van der Waals surface area contributed by atoms with Gasteiger partial charge in [-0.15, -0.1) is 0 Å². The zero-order valence-corrected chi connectivity index (χ0v) is 17.7. The van der Waals surface area contributed by atoms with Gasteiger partial charge in [0, 0.05) is 6.61 Å². The molecule has 26 heavy (non-hydrogen) atoms. The molecule has 1 atom stereocenters. The molecule has 2 heteroatoms. The van der Waals surface area contributed by atoms with Gasteiger partial charge in [-0.2, -0.15) is 0 Å². The van der Waals surface area contributed by atoms with Crippen LogP contribution in [-0.2, 0) is 11.2 Å². The summed E-state index contributed by atoms with van der Waals surface area (Å²) in [7, 11) is 0. The Bertz CT molecular complexity index is 448. The first-order valence-electron chi connectivity index (χ1n) is 11.0. The molecule has 0 saturated heterocycles. The fourth-order valence-electron chi connectivity index (χ4n) is 4.28. The Morgan fingerprint density at radius 2 is 1.46 bits per heavy atom. The first-order valence-corrected chi connectivity index (χ1v) is 11.0. The van der Waals surface area contributed by atoms with Crippen molar-refractivity contribution < 1.29 is 9.84 Å². The molecule has 1 rings (SSSR count). The van der Waals surface area contributed by atoms with Gasteiger partial charge < -0.3 is 9.84 Å². The molecule has 0 radical (unpaired) electrons. The largest absolute Gasteiger partial charge is 0.508 e. The highest BCUT2D eigenvalue weighted by atomic mass is 16.5. The normalized spacial score (nSPS) is 13.1. The second kappa shape index (κ2) is 13.2. The molecule has 1 unspecified atom stereocenters. The average molecular weight is 363 g/mol. The second-order valence-corrected chi connectivity index (χ2v) is 7.66. The number of benzene rings is 1. The van der Waals surface area contributed by atoms with Crippen molar-refractivity contribution in [1.29, 1.82) is 0 Å². The van der Waals surface area contributed by atoms with Crippen molar-refractivity contribution >= 4 is 0 Å². The van der Waals surface area contributed by atoms with Gasteiger partial charge in [-0.1, -0.05) is 71.4 Å². The topological polar surface area (TPSA) is 29.5 Å². The summed E-state index contributed by atoms with van der Waals surface area (Å²) in [5, 5.41) is 9.49. The zero-order valence-electron chi connectivity index (χ0n) is 17.7. The third kappa shape index (κ3) is 7.70. The van der Waals surface area contributed by atoms with E-state index in [-0.39, 0.29) is 5.60 Å². The lowest BCUT2D eigenvalue weighted by atomic mass is 9.76. The maximum atomic E-state index is 9.49. The van der Waals surface area contributed by atoms with Gasteiger partial charge in [0.2, 0.25) is 0 Å². The van der Waals surface area contributed by atoms with Crippen LogP contribution in [-0.4, -0.2) is 17.3 Å². The summed E-state index contributed by atoms with van der Waals surface area (Å²) in [4.78, 5) is 0. The summed E-state index contributed by atoms with van der Waals surface area (Å²) in [6, 6.07) is 7.70. The lowest BCUT2D eigenvalue weighted by molar-refractivity contribution is -0.0930. The van der Waals surface area contributed by atoms with Crippen molar-refractivity contribution in [3.63, 3.8) is 0 Å². The minimum Gasteiger partial charge on any atom is -0.508 e. The summed E-state index contributed by atoms with van der Waals surface area (Å²) in [6.45, 7) is 9.77. The van der Waals surface area contributed by atoms with Crippen LogP contribution in [0.3, 0.4) is 0 Å². The van der Waals surface area contributed by atoms with E-state index in [0.717, 1.165) is 25.9 Å². The minimum atomic E-state index is 0.0229. The standard InChI is InChI=1S/C24H42O2/c1-5-9-10-11-12-13-14-22(24(6-2,7-3)26-8-4)18-15-21-16-19-23(25)20-17-21/h16-17,19-20,22,25H,5-15,18H2,1-4H3. The molecule has 0 aliphatic carbocycles. The van der Waals surface area contributed by atoms with E-state index in [1.165, 1.54) is 56.9 Å². The number of rotatable bonds is 15. The highest BCUT2D eigenvalue weighted by Gasteiger charge is 2.35. The van der Waals surface area contributed by atoms with Crippen molar-refractivity contribution in [2.45, 2.75) is 104 Å². The number of phenolic OH excluding ortho intramolecular Hbond substituents is 1. The van der Waals surface area contributed by atoms with Crippen LogP contribution in [0.25, 0.3) is 0 Å². The molecule has 0 spiro atoms. The van der Waals surface area contributed by atoms with E-state index < -0.39 is 0 Å². The van der Waals surface area contributed by atoms with Crippen LogP contribution in [0, 0.1) is 5.92 Å². The van der Waals surface area contributed by atoms with Crippen LogP contribution in [0.4, 0.5) is 0 Å². The third-order valence-corrected chi connectivity index (χ3v) is 6.00. The van der Waals surface area contributed by atoms with Crippen molar-refractivity contribution in [3.8, 4) is 5.75 Å². The fourth-order valence-corrected chi connectivity index (χ4v) is 4.28. The second-order valence-electron chi connectivity index (χ2n) is 7.66. The molecule has 0 aromatic heterocycles. The molecule has 150 valence electrons. The Hall–Kier alpha value is -1.02. The first-order chi connectivity index (χ1) is 12.6. The number of hydrogen-bond acceptors (Lipinski definition) is 2. The highest BCUT2D eigenvalue weighted by molar-refractivity contribution is 5.25. The average Bonchev–Trinajstić information content (AvgIpc) is 2.66. The number of aryl methyl sites for hydroxylation is 1. The molecule has 0 heterocycles. The molecule has 1 N–H and O–H groups in total. The molecular weight excluding hydrogens is 320 g/mol. The van der Waals surface area contributed by atoms with Crippen molar-refractivity contribution in [3.05, 3.63) is 29.8 Å². The molecule has 0 amide bonds. The van der Waals surface area contributed by atoms with Crippen LogP contribution >= 0.6 is 0 Å². The molecule has 0 fully saturated rings. The summed E-state index contributed by atoms with van der Waals surface area (Å²) >= 11 is 0. The maximum Gasteiger partial charge on any atom is 0.115 e. The fraction of sp³-hybridized carbons (Fsp3) is 0.750. The number of aromatic hydroxyl groups is 1. The summed E-state index contributed by atoms with van der Waals surface area (Å²) in [5.74, 6) is 0.959. The zero-order chi connectivity index (χ0) is 19.3. The number of phenols is 1. The molecule has 1 aromatic carbocycles. The van der Waals surface area contributed by atoms with Crippen molar-refractivity contribution in [2.24, 2.45) is 5.92 Å². The third-order valence-electron chi connectivity index (χ3n) is 6.00. The van der Waals surface area contributed by atoms with Crippen LogP contribution in [0.1, 0.15) is 97.5 Å². The number of ether oxygens (including phenoxy) is 1. The Kier molecular flexibility index (Phi) is 11.7. The van der Waals surface area contributed by atoms with Crippen molar-refractivity contribution in [2.75, 3.05) is 6.61 Å². The van der Waals surface area contributed by atoms with E-state index in [0.29, 0.717) is 11.7 Å². The van der Waals surface area contributed by atoms with E-state index in [4.69, 9.17) is 4.74 Å². The van der Waals surface area contributed by atoms with Gasteiger partial charge in [-0.25, -0.2) is 0 Å². The Morgan fingerprint density at radius 3 is 2.04 bits per heavy atom. The molecule has 1 aromatic rings. The Morgan fingerprint density at radius 1 is 0.846 bits per heavy atom. The first kappa shape index (κ1) is 23.0. The maximum absolute atomic E-state index is 9.49. The summed E-state index contributed by atoms with van der Waals surface area (Å²) in [5.41, 5.74) is 1.34. The van der Waals surface area contributed by atoms with Crippen LogP contribution in [0.15, 0.2) is 24.3 Å². The number of unbranched alkanes of at least 4 members (excludes halogenated alkanes) is 5. The molecule has 0 bridgehead atoms. The van der Waals surface area contributed by atoms with E-state index in [9.17, 15) is 5.11 Å². The molecular formula is C24H42O2. The van der Waals surface area contributed by atoms with Gasteiger partial charge in [0.15, 0.2) is 0 Å². The minimum absolute atomic E-state index is 0.0229. The Labute approximate surface area is 162 Å². The smallest absolute Gasteiger partial charge is 0.115 e. The van der Waals surface area contributed by atoms with Crippen LogP contribution < -0.4 is 0 Å². The predicted octanol–water partition coefficient (Wildman–Crippen LogP) is 7.29. The van der Waals surface area contributed by atoms with Crippen LogP contribution in [0.2, 0.25) is 0 Å². The van der Waals surface area contributed by atoms with Gasteiger partial charge in [0.05, 0.1) is 5.60 Å².